The van der Waals surface area contributed by atoms with Gasteiger partial charge in [0.15, 0.2) is 6.61 Å². The van der Waals surface area contributed by atoms with Crippen LogP contribution in [-0.4, -0.2) is 47.6 Å². The molecule has 0 saturated carbocycles. The minimum atomic E-state index is -3.83. The molecule has 0 aliphatic carbocycles. The summed E-state index contributed by atoms with van der Waals surface area (Å²) in [6.07, 6.45) is 0. The Bertz CT molecular complexity index is 960. The van der Waals surface area contributed by atoms with Gasteiger partial charge in [-0.3, -0.25) is 4.79 Å². The summed E-state index contributed by atoms with van der Waals surface area (Å²) in [4.78, 5) is 24.0. The maximum Gasteiger partial charge on any atom is 0.338 e. The number of carbonyl (C=O) groups excluding carboxylic acids is 2. The number of ether oxygens (including phenoxy) is 2. The zero-order valence-corrected chi connectivity index (χ0v) is 17.3. The molecular weight excluding hydrogens is 396 g/mol. The van der Waals surface area contributed by atoms with Gasteiger partial charge in [0, 0.05) is 6.54 Å². The van der Waals surface area contributed by atoms with Crippen LogP contribution in [0.1, 0.15) is 28.8 Å². The van der Waals surface area contributed by atoms with E-state index in [4.69, 9.17) is 9.47 Å². The highest BCUT2D eigenvalue weighted by atomic mass is 32.2. The molecule has 0 unspecified atom stereocenters. The van der Waals surface area contributed by atoms with Crippen molar-refractivity contribution in [3.63, 3.8) is 0 Å². The van der Waals surface area contributed by atoms with Crippen LogP contribution in [0.4, 0.5) is 0 Å². The van der Waals surface area contributed by atoms with Crippen molar-refractivity contribution >= 4 is 21.9 Å². The zero-order valence-electron chi connectivity index (χ0n) is 16.5. The van der Waals surface area contributed by atoms with E-state index in [2.05, 4.69) is 10.0 Å². The van der Waals surface area contributed by atoms with E-state index in [9.17, 15) is 18.0 Å². The highest BCUT2D eigenvalue weighted by Gasteiger charge is 2.21. The van der Waals surface area contributed by atoms with Gasteiger partial charge in [0.25, 0.3) is 5.91 Å². The molecule has 156 valence electrons. The van der Waals surface area contributed by atoms with Gasteiger partial charge in [0.2, 0.25) is 10.0 Å². The fourth-order valence-electron chi connectivity index (χ4n) is 2.56. The summed E-state index contributed by atoms with van der Waals surface area (Å²) in [5, 5.41) is 2.71. The van der Waals surface area contributed by atoms with Crippen LogP contribution in [0, 0.1) is 0 Å². The molecule has 0 bridgehead atoms. The Morgan fingerprint density at radius 2 is 1.79 bits per heavy atom. The van der Waals surface area contributed by atoms with Gasteiger partial charge >= 0.3 is 5.97 Å². The number of sulfonamides is 1. The smallest absolute Gasteiger partial charge is 0.338 e. The highest BCUT2D eigenvalue weighted by Crippen LogP contribution is 2.25. The molecule has 0 radical (unpaired) electrons. The maximum absolute atomic E-state index is 12.2. The van der Waals surface area contributed by atoms with Crippen molar-refractivity contribution in [1.82, 2.24) is 10.0 Å². The van der Waals surface area contributed by atoms with E-state index < -0.39 is 28.5 Å². The average molecular weight is 420 g/mol. The number of hydrogen-bond acceptors (Lipinski definition) is 6. The van der Waals surface area contributed by atoms with E-state index in [1.807, 2.05) is 37.3 Å². The van der Waals surface area contributed by atoms with Gasteiger partial charge < -0.3 is 14.8 Å². The molecule has 29 heavy (non-hydrogen) atoms. The Balaban J connectivity index is 1.95. The van der Waals surface area contributed by atoms with Crippen LogP contribution in [0.5, 0.6) is 5.75 Å². The molecule has 9 heteroatoms. The van der Waals surface area contributed by atoms with Crippen LogP contribution in [0.2, 0.25) is 0 Å². The summed E-state index contributed by atoms with van der Waals surface area (Å²) in [5.41, 5.74) is 1.08. The maximum atomic E-state index is 12.2. The summed E-state index contributed by atoms with van der Waals surface area (Å²) >= 11 is 0. The molecule has 0 saturated heterocycles. The number of hydrogen-bond donors (Lipinski definition) is 2. The minimum absolute atomic E-state index is 0.00919. The van der Waals surface area contributed by atoms with Gasteiger partial charge in [0.1, 0.15) is 10.6 Å². The van der Waals surface area contributed by atoms with Crippen molar-refractivity contribution in [2.45, 2.75) is 17.7 Å². The second-order valence-corrected chi connectivity index (χ2v) is 8.12. The Morgan fingerprint density at radius 3 is 2.41 bits per heavy atom. The molecule has 1 atom stereocenters. The first-order valence-corrected chi connectivity index (χ1v) is 10.4. The van der Waals surface area contributed by atoms with E-state index in [-0.39, 0.29) is 22.1 Å². The van der Waals surface area contributed by atoms with E-state index in [1.54, 1.807) is 0 Å². The predicted octanol–water partition coefficient (Wildman–Crippen LogP) is 1.68. The van der Waals surface area contributed by atoms with E-state index in [1.165, 1.54) is 26.3 Å². The van der Waals surface area contributed by atoms with Crippen LogP contribution < -0.4 is 14.8 Å². The molecular formula is C20H24N2O6S. The van der Waals surface area contributed by atoms with Crippen LogP contribution >= 0.6 is 0 Å². The SMILES string of the molecule is CNS(=O)(=O)c1cc(C(=O)OCC(=O)NC[C@@H](C)c2ccccc2)ccc1OC. The molecule has 8 nitrogen and oxygen atoms in total. The lowest BCUT2D eigenvalue weighted by Crippen LogP contribution is -2.31. The molecule has 1 amide bonds. The third-order valence-corrected chi connectivity index (χ3v) is 5.70. The second kappa shape index (κ2) is 10.0. The first kappa shape index (κ1) is 22.4. The number of carbonyl (C=O) groups is 2. The van der Waals surface area contributed by atoms with Crippen molar-refractivity contribution in [2.24, 2.45) is 0 Å². The van der Waals surface area contributed by atoms with Gasteiger partial charge in [-0.15, -0.1) is 0 Å². The Morgan fingerprint density at radius 1 is 1.10 bits per heavy atom. The summed E-state index contributed by atoms with van der Waals surface area (Å²) in [6.45, 7) is 1.90. The molecule has 2 aromatic carbocycles. The monoisotopic (exact) mass is 420 g/mol. The van der Waals surface area contributed by atoms with Crippen molar-refractivity contribution in [1.29, 1.82) is 0 Å². The molecule has 2 rings (SSSR count). The number of methoxy groups -OCH3 is 1. The Labute approximate surface area is 170 Å². The molecule has 2 N–H and O–H groups in total. The quantitative estimate of drug-likeness (QED) is 0.597. The Kier molecular flexibility index (Phi) is 7.74. The van der Waals surface area contributed by atoms with Gasteiger partial charge in [-0.05, 0) is 36.7 Å². The van der Waals surface area contributed by atoms with Crippen LogP contribution in [0.25, 0.3) is 0 Å². The van der Waals surface area contributed by atoms with Gasteiger partial charge in [-0.25, -0.2) is 17.9 Å². The van der Waals surface area contributed by atoms with Crippen molar-refractivity contribution in [3.8, 4) is 5.75 Å². The Hall–Kier alpha value is -2.91. The fraction of sp³-hybridized carbons (Fsp3) is 0.300. The summed E-state index contributed by atoms with van der Waals surface area (Å²) in [7, 11) is -1.26. The lowest BCUT2D eigenvalue weighted by atomic mass is 10.0. The molecule has 0 aliphatic heterocycles. The van der Waals surface area contributed by atoms with E-state index >= 15 is 0 Å². The first-order valence-electron chi connectivity index (χ1n) is 8.89. The number of benzene rings is 2. The van der Waals surface area contributed by atoms with Crippen LogP contribution in [0.3, 0.4) is 0 Å². The lowest BCUT2D eigenvalue weighted by molar-refractivity contribution is -0.124. The number of esters is 1. The molecule has 0 fully saturated rings. The van der Waals surface area contributed by atoms with E-state index in [0.29, 0.717) is 6.54 Å². The standard InChI is InChI=1S/C20H24N2O6S/c1-14(15-7-5-4-6-8-15)12-22-19(23)13-28-20(24)16-9-10-17(27-3)18(11-16)29(25,26)21-2/h4-11,14,21H,12-13H2,1-3H3,(H,22,23)/t14-/m1/s1. The van der Waals surface area contributed by atoms with Gasteiger partial charge in [-0.1, -0.05) is 37.3 Å². The van der Waals surface area contributed by atoms with Crippen LogP contribution in [0.15, 0.2) is 53.4 Å². The van der Waals surface area contributed by atoms with E-state index in [0.717, 1.165) is 11.6 Å². The van der Waals surface area contributed by atoms with Crippen molar-refractivity contribution < 1.29 is 27.5 Å². The number of rotatable bonds is 9. The summed E-state index contributed by atoms with van der Waals surface area (Å²) in [5.74, 6) is -1.07. The van der Waals surface area contributed by atoms with Gasteiger partial charge in [-0.2, -0.15) is 0 Å². The fourth-order valence-corrected chi connectivity index (χ4v) is 3.47. The number of amides is 1. The van der Waals surface area contributed by atoms with Gasteiger partial charge in [0.05, 0.1) is 12.7 Å². The molecule has 2 aromatic rings. The first-order chi connectivity index (χ1) is 13.8. The lowest BCUT2D eigenvalue weighted by Gasteiger charge is -2.13. The van der Waals surface area contributed by atoms with Crippen molar-refractivity contribution in [3.05, 3.63) is 59.7 Å². The molecule has 0 aliphatic rings. The average Bonchev–Trinajstić information content (AvgIpc) is 2.75. The minimum Gasteiger partial charge on any atom is -0.495 e. The third-order valence-electron chi connectivity index (χ3n) is 4.27. The summed E-state index contributed by atoms with van der Waals surface area (Å²) < 4.78 is 36.3. The predicted molar refractivity (Wildman–Crippen MR) is 107 cm³/mol. The van der Waals surface area contributed by atoms with Crippen molar-refractivity contribution in [2.75, 3.05) is 27.3 Å². The molecule has 0 spiro atoms. The topological polar surface area (TPSA) is 111 Å². The largest absolute Gasteiger partial charge is 0.495 e. The van der Waals surface area contributed by atoms with Crippen LogP contribution in [-0.2, 0) is 19.6 Å². The molecule has 0 heterocycles. The summed E-state index contributed by atoms with van der Waals surface area (Å²) in [6, 6.07) is 13.6. The normalized spacial score (nSPS) is 12.1. The third kappa shape index (κ3) is 6.03. The highest BCUT2D eigenvalue weighted by molar-refractivity contribution is 7.89. The zero-order chi connectivity index (χ0) is 21.4. The molecule has 0 aromatic heterocycles. The number of nitrogens with one attached hydrogen (secondary N) is 2. The second-order valence-electron chi connectivity index (χ2n) is 6.27.